The largest absolute Gasteiger partial charge is 0.386 e. The van der Waals surface area contributed by atoms with Crippen LogP contribution in [0.25, 0.3) is 0 Å². The van der Waals surface area contributed by atoms with Gasteiger partial charge in [0, 0.05) is 6.61 Å². The summed E-state index contributed by atoms with van der Waals surface area (Å²) in [7, 11) is 0. The van der Waals surface area contributed by atoms with E-state index in [-0.39, 0.29) is 0 Å². The van der Waals surface area contributed by atoms with Crippen molar-refractivity contribution in [1.82, 2.24) is 0 Å². The van der Waals surface area contributed by atoms with Crippen molar-refractivity contribution in [3.8, 4) is 0 Å². The Hall–Kier alpha value is -0.860. The molecule has 14 heavy (non-hydrogen) atoms. The molecule has 1 rings (SSSR count). The van der Waals surface area contributed by atoms with Crippen molar-refractivity contribution < 1.29 is 9.84 Å². The average Bonchev–Trinajstić information content (AvgIpc) is 2.14. The van der Waals surface area contributed by atoms with E-state index < -0.39 is 6.10 Å². The first kappa shape index (κ1) is 11.2. The molecule has 0 saturated heterocycles. The number of aliphatic hydroxyl groups excluding tert-OH is 1. The van der Waals surface area contributed by atoms with Crippen LogP contribution in [0.4, 0.5) is 0 Å². The molecular weight excluding hydrogens is 176 g/mol. The first-order valence-electron chi connectivity index (χ1n) is 4.98. The normalized spacial score (nSPS) is 12.9. The van der Waals surface area contributed by atoms with Gasteiger partial charge in [-0.1, -0.05) is 18.2 Å². The van der Waals surface area contributed by atoms with E-state index in [1.165, 1.54) is 0 Å². The minimum atomic E-state index is -0.504. The predicted octanol–water partition coefficient (Wildman–Crippen LogP) is 2.37. The Kier molecular flexibility index (Phi) is 4.11. The lowest BCUT2D eigenvalue weighted by atomic mass is 9.98. The molecule has 2 heteroatoms. The highest BCUT2D eigenvalue weighted by atomic mass is 16.5. The first-order chi connectivity index (χ1) is 6.66. The molecule has 1 unspecified atom stereocenters. The fourth-order valence-corrected chi connectivity index (χ4v) is 1.67. The van der Waals surface area contributed by atoms with Gasteiger partial charge < -0.3 is 9.84 Å². The van der Waals surface area contributed by atoms with Crippen LogP contribution in [0, 0.1) is 13.8 Å². The molecule has 0 aliphatic carbocycles. The van der Waals surface area contributed by atoms with E-state index in [2.05, 4.69) is 0 Å². The summed E-state index contributed by atoms with van der Waals surface area (Å²) >= 11 is 0. The smallest absolute Gasteiger partial charge is 0.103 e. The van der Waals surface area contributed by atoms with Crippen molar-refractivity contribution in [2.24, 2.45) is 0 Å². The van der Waals surface area contributed by atoms with Gasteiger partial charge in [-0.2, -0.15) is 0 Å². The van der Waals surface area contributed by atoms with Crippen molar-refractivity contribution in [3.63, 3.8) is 0 Å². The highest BCUT2D eigenvalue weighted by Gasteiger charge is 2.12. The average molecular weight is 194 g/mol. The van der Waals surface area contributed by atoms with Crippen molar-refractivity contribution in [1.29, 1.82) is 0 Å². The highest BCUT2D eigenvalue weighted by molar-refractivity contribution is 5.35. The molecule has 1 aromatic carbocycles. The van der Waals surface area contributed by atoms with Crippen LogP contribution in [0.3, 0.4) is 0 Å². The second kappa shape index (κ2) is 5.13. The van der Waals surface area contributed by atoms with Gasteiger partial charge >= 0.3 is 0 Å². The van der Waals surface area contributed by atoms with Gasteiger partial charge in [0.05, 0.1) is 6.61 Å². The second-order valence-corrected chi connectivity index (χ2v) is 3.48. The number of hydrogen-bond acceptors (Lipinski definition) is 2. The first-order valence-corrected chi connectivity index (χ1v) is 4.98. The van der Waals surface area contributed by atoms with E-state index in [4.69, 9.17) is 4.74 Å². The maximum atomic E-state index is 9.89. The Bertz CT molecular complexity index is 274. The summed E-state index contributed by atoms with van der Waals surface area (Å²) in [6.45, 7) is 6.97. The zero-order chi connectivity index (χ0) is 10.6. The van der Waals surface area contributed by atoms with E-state index in [1.807, 2.05) is 39.0 Å². The molecule has 0 amide bonds. The number of rotatable bonds is 4. The Morgan fingerprint density at radius 1 is 1.29 bits per heavy atom. The van der Waals surface area contributed by atoms with Gasteiger partial charge in [-0.15, -0.1) is 0 Å². The van der Waals surface area contributed by atoms with E-state index in [9.17, 15) is 5.11 Å². The van der Waals surface area contributed by atoms with Gasteiger partial charge in [-0.25, -0.2) is 0 Å². The van der Waals surface area contributed by atoms with Crippen molar-refractivity contribution >= 4 is 0 Å². The fourth-order valence-electron chi connectivity index (χ4n) is 1.67. The summed E-state index contributed by atoms with van der Waals surface area (Å²) in [6, 6.07) is 6.02. The molecule has 0 spiro atoms. The summed E-state index contributed by atoms with van der Waals surface area (Å²) in [5.41, 5.74) is 3.25. The van der Waals surface area contributed by atoms with Crippen LogP contribution in [0.15, 0.2) is 18.2 Å². The summed E-state index contributed by atoms with van der Waals surface area (Å²) in [5.74, 6) is 0. The highest BCUT2D eigenvalue weighted by Crippen LogP contribution is 2.21. The van der Waals surface area contributed by atoms with Gasteiger partial charge in [-0.3, -0.25) is 0 Å². The number of aryl methyl sites for hydroxylation is 2. The number of benzene rings is 1. The second-order valence-electron chi connectivity index (χ2n) is 3.48. The van der Waals surface area contributed by atoms with Gasteiger partial charge in [0.2, 0.25) is 0 Å². The van der Waals surface area contributed by atoms with Crippen LogP contribution in [0.5, 0.6) is 0 Å². The van der Waals surface area contributed by atoms with Crippen LogP contribution in [0.2, 0.25) is 0 Å². The molecule has 0 bridgehead atoms. The fraction of sp³-hybridized carbons (Fsp3) is 0.500. The SMILES string of the molecule is CCOCC(O)c1c(C)cccc1C. The van der Waals surface area contributed by atoms with E-state index in [0.29, 0.717) is 13.2 Å². The van der Waals surface area contributed by atoms with Crippen molar-refractivity contribution in [2.45, 2.75) is 26.9 Å². The maximum Gasteiger partial charge on any atom is 0.103 e. The van der Waals surface area contributed by atoms with E-state index in [0.717, 1.165) is 16.7 Å². The van der Waals surface area contributed by atoms with Crippen LogP contribution in [0.1, 0.15) is 29.7 Å². The van der Waals surface area contributed by atoms with Gasteiger partial charge in [0.25, 0.3) is 0 Å². The Balaban J connectivity index is 2.82. The van der Waals surface area contributed by atoms with Gasteiger partial charge in [0.15, 0.2) is 0 Å². The number of ether oxygens (including phenoxy) is 1. The third kappa shape index (κ3) is 2.56. The zero-order valence-corrected chi connectivity index (χ0v) is 9.08. The lowest BCUT2D eigenvalue weighted by Crippen LogP contribution is -2.10. The van der Waals surface area contributed by atoms with Gasteiger partial charge in [0.1, 0.15) is 6.10 Å². The van der Waals surface area contributed by atoms with Crippen molar-refractivity contribution in [3.05, 3.63) is 34.9 Å². The van der Waals surface area contributed by atoms with E-state index in [1.54, 1.807) is 0 Å². The number of hydrogen-bond donors (Lipinski definition) is 1. The molecule has 0 saturated carbocycles. The van der Waals surface area contributed by atoms with Crippen molar-refractivity contribution in [2.75, 3.05) is 13.2 Å². The molecule has 78 valence electrons. The lowest BCUT2D eigenvalue weighted by molar-refractivity contribution is 0.0414. The molecule has 0 aliphatic heterocycles. The quantitative estimate of drug-likeness (QED) is 0.797. The summed E-state index contributed by atoms with van der Waals surface area (Å²) in [6.07, 6.45) is -0.504. The molecule has 0 heterocycles. The van der Waals surface area contributed by atoms with Crippen LogP contribution >= 0.6 is 0 Å². The maximum absolute atomic E-state index is 9.89. The molecule has 0 aromatic heterocycles. The lowest BCUT2D eigenvalue weighted by Gasteiger charge is -2.16. The monoisotopic (exact) mass is 194 g/mol. The van der Waals surface area contributed by atoms with E-state index >= 15 is 0 Å². The summed E-state index contributed by atoms with van der Waals surface area (Å²) in [5, 5.41) is 9.89. The third-order valence-corrected chi connectivity index (χ3v) is 2.36. The topological polar surface area (TPSA) is 29.5 Å². The molecule has 1 aromatic rings. The molecule has 1 N–H and O–H groups in total. The molecule has 0 radical (unpaired) electrons. The Morgan fingerprint density at radius 3 is 2.36 bits per heavy atom. The molecule has 0 fully saturated rings. The summed E-state index contributed by atoms with van der Waals surface area (Å²) in [4.78, 5) is 0. The van der Waals surface area contributed by atoms with Crippen LogP contribution in [-0.4, -0.2) is 18.3 Å². The minimum Gasteiger partial charge on any atom is -0.386 e. The van der Waals surface area contributed by atoms with Crippen LogP contribution < -0.4 is 0 Å². The molecule has 2 nitrogen and oxygen atoms in total. The standard InChI is InChI=1S/C12H18O2/c1-4-14-8-11(13)12-9(2)6-5-7-10(12)3/h5-7,11,13H,4,8H2,1-3H3. The summed E-state index contributed by atoms with van der Waals surface area (Å²) < 4.78 is 5.21. The minimum absolute atomic E-state index is 0.377. The number of aliphatic hydroxyl groups is 1. The predicted molar refractivity (Wildman–Crippen MR) is 57.4 cm³/mol. The zero-order valence-electron chi connectivity index (χ0n) is 9.08. The van der Waals surface area contributed by atoms with Gasteiger partial charge in [-0.05, 0) is 37.5 Å². The Morgan fingerprint density at radius 2 is 1.86 bits per heavy atom. The third-order valence-electron chi connectivity index (χ3n) is 2.36. The van der Waals surface area contributed by atoms with Crippen LogP contribution in [-0.2, 0) is 4.74 Å². The molecule has 1 atom stereocenters. The Labute approximate surface area is 85.5 Å². The molecule has 0 aliphatic rings. The molecular formula is C12H18O2.